The molecule has 0 saturated heterocycles. The molecule has 21 heavy (non-hydrogen) atoms. The van der Waals surface area contributed by atoms with Crippen LogP contribution in [0.2, 0.25) is 5.02 Å². The minimum absolute atomic E-state index is 0.00167. The molecule has 1 aliphatic heterocycles. The maximum atomic E-state index is 13.9. The minimum atomic E-state index is -0.672. The van der Waals surface area contributed by atoms with E-state index in [1.807, 2.05) is 0 Å². The molecule has 1 heterocycles. The molecule has 106 valence electrons. The Hall–Kier alpha value is -1.72. The minimum Gasteiger partial charge on any atom is -0.300 e. The summed E-state index contributed by atoms with van der Waals surface area (Å²) >= 11 is 9.01. The number of anilines is 1. The fourth-order valence-electron chi connectivity index (χ4n) is 2.25. The summed E-state index contributed by atoms with van der Waals surface area (Å²) in [5.41, 5.74) is 1.05. The number of carbonyl (C=O) groups excluding carboxylic acids is 2. The Morgan fingerprint density at radius 3 is 2.62 bits per heavy atom. The van der Waals surface area contributed by atoms with Crippen LogP contribution in [0.25, 0.3) is 0 Å². The number of fused-ring (bicyclic) bond motifs is 1. The third-order valence-electron chi connectivity index (χ3n) is 3.28. The summed E-state index contributed by atoms with van der Waals surface area (Å²) in [7, 11) is 0. The summed E-state index contributed by atoms with van der Waals surface area (Å²) in [6.07, 6.45) is 0. The molecule has 0 bridgehead atoms. The van der Waals surface area contributed by atoms with Crippen LogP contribution in [-0.4, -0.2) is 11.7 Å². The van der Waals surface area contributed by atoms with E-state index in [0.29, 0.717) is 20.7 Å². The summed E-state index contributed by atoms with van der Waals surface area (Å²) < 4.78 is 14.5. The SMILES string of the molecule is O=C1C(=O)N(Cc2ccc(Br)cc2F)c2ccc(Cl)cc21. The molecule has 1 amide bonds. The fourth-order valence-corrected chi connectivity index (χ4v) is 2.76. The Morgan fingerprint density at radius 2 is 1.90 bits per heavy atom. The lowest BCUT2D eigenvalue weighted by molar-refractivity contribution is -0.114. The second-order valence-corrected chi connectivity index (χ2v) is 5.97. The lowest BCUT2D eigenvalue weighted by Gasteiger charge is -2.17. The van der Waals surface area contributed by atoms with E-state index in [4.69, 9.17) is 11.6 Å². The van der Waals surface area contributed by atoms with Gasteiger partial charge in [-0.05, 0) is 30.3 Å². The van der Waals surface area contributed by atoms with Crippen LogP contribution < -0.4 is 4.90 Å². The normalized spacial score (nSPS) is 13.8. The van der Waals surface area contributed by atoms with Crippen LogP contribution in [0, 0.1) is 5.82 Å². The molecule has 0 aliphatic carbocycles. The van der Waals surface area contributed by atoms with Gasteiger partial charge in [0.25, 0.3) is 11.7 Å². The third-order valence-corrected chi connectivity index (χ3v) is 4.01. The number of halogens is 3. The van der Waals surface area contributed by atoms with Crippen molar-refractivity contribution in [2.24, 2.45) is 0 Å². The maximum Gasteiger partial charge on any atom is 0.299 e. The number of hydrogen-bond donors (Lipinski definition) is 0. The zero-order valence-electron chi connectivity index (χ0n) is 10.6. The van der Waals surface area contributed by atoms with Crippen molar-refractivity contribution >= 4 is 44.9 Å². The Kier molecular flexibility index (Phi) is 3.55. The molecule has 0 atom stereocenters. The number of nitrogens with zero attached hydrogens (tertiary/aromatic N) is 1. The zero-order chi connectivity index (χ0) is 15.1. The summed E-state index contributed by atoms with van der Waals surface area (Å²) in [5.74, 6) is -1.73. The zero-order valence-corrected chi connectivity index (χ0v) is 12.9. The van der Waals surface area contributed by atoms with Gasteiger partial charge in [-0.15, -0.1) is 0 Å². The van der Waals surface area contributed by atoms with Crippen LogP contribution in [0.1, 0.15) is 15.9 Å². The smallest absolute Gasteiger partial charge is 0.299 e. The molecule has 2 aromatic rings. The van der Waals surface area contributed by atoms with Crippen LogP contribution in [0.4, 0.5) is 10.1 Å². The van der Waals surface area contributed by atoms with E-state index in [1.54, 1.807) is 24.3 Å². The van der Waals surface area contributed by atoms with Gasteiger partial charge in [0.1, 0.15) is 5.82 Å². The Labute approximate surface area is 133 Å². The van der Waals surface area contributed by atoms with E-state index >= 15 is 0 Å². The van der Waals surface area contributed by atoms with E-state index in [-0.39, 0.29) is 12.1 Å². The molecular weight excluding hydrogens is 361 g/mol. The van der Waals surface area contributed by atoms with Gasteiger partial charge in [0.05, 0.1) is 17.8 Å². The lowest BCUT2D eigenvalue weighted by Crippen LogP contribution is -2.29. The van der Waals surface area contributed by atoms with Crippen LogP contribution >= 0.6 is 27.5 Å². The van der Waals surface area contributed by atoms with E-state index < -0.39 is 17.5 Å². The number of carbonyl (C=O) groups is 2. The summed E-state index contributed by atoms with van der Waals surface area (Å²) in [5, 5.41) is 0.381. The highest BCUT2D eigenvalue weighted by atomic mass is 79.9. The second kappa shape index (κ2) is 5.24. The molecular formula is C15H8BrClFNO2. The van der Waals surface area contributed by atoms with Gasteiger partial charge in [-0.2, -0.15) is 0 Å². The molecule has 0 saturated carbocycles. The number of amides is 1. The molecule has 0 aromatic heterocycles. The fraction of sp³-hybridized carbons (Fsp3) is 0.0667. The Morgan fingerprint density at radius 1 is 1.14 bits per heavy atom. The van der Waals surface area contributed by atoms with Crippen molar-refractivity contribution < 1.29 is 14.0 Å². The monoisotopic (exact) mass is 367 g/mol. The van der Waals surface area contributed by atoms with Crippen molar-refractivity contribution in [3.63, 3.8) is 0 Å². The quantitative estimate of drug-likeness (QED) is 0.752. The first kappa shape index (κ1) is 14.2. The van der Waals surface area contributed by atoms with Gasteiger partial charge in [0.15, 0.2) is 0 Å². The van der Waals surface area contributed by atoms with Crippen LogP contribution in [0.5, 0.6) is 0 Å². The van der Waals surface area contributed by atoms with Crippen LogP contribution in [0.15, 0.2) is 40.9 Å². The van der Waals surface area contributed by atoms with E-state index in [0.717, 1.165) is 0 Å². The molecule has 0 unspecified atom stereocenters. The largest absolute Gasteiger partial charge is 0.300 e. The maximum absolute atomic E-state index is 13.9. The van der Waals surface area contributed by atoms with Crippen LogP contribution in [-0.2, 0) is 11.3 Å². The molecule has 3 nitrogen and oxygen atoms in total. The van der Waals surface area contributed by atoms with E-state index in [1.165, 1.54) is 17.0 Å². The number of hydrogen-bond acceptors (Lipinski definition) is 2. The van der Waals surface area contributed by atoms with Gasteiger partial charge >= 0.3 is 0 Å². The number of rotatable bonds is 2. The molecule has 0 radical (unpaired) electrons. The predicted octanol–water partition coefficient (Wildman–Crippen LogP) is 3.97. The summed E-state index contributed by atoms with van der Waals surface area (Å²) in [4.78, 5) is 25.3. The average molecular weight is 369 g/mol. The van der Waals surface area contributed by atoms with Gasteiger partial charge in [-0.3, -0.25) is 9.59 Å². The van der Waals surface area contributed by atoms with Gasteiger partial charge < -0.3 is 4.90 Å². The van der Waals surface area contributed by atoms with Crippen molar-refractivity contribution in [3.05, 3.63) is 62.8 Å². The van der Waals surface area contributed by atoms with Gasteiger partial charge in [0, 0.05) is 15.1 Å². The summed E-state index contributed by atoms with van der Waals surface area (Å²) in [6, 6.07) is 9.22. The first-order valence-corrected chi connectivity index (χ1v) is 7.24. The topological polar surface area (TPSA) is 37.4 Å². The van der Waals surface area contributed by atoms with Crippen molar-refractivity contribution in [1.82, 2.24) is 0 Å². The average Bonchev–Trinajstić information content (AvgIpc) is 2.66. The lowest BCUT2D eigenvalue weighted by atomic mass is 10.1. The highest BCUT2D eigenvalue weighted by molar-refractivity contribution is 9.10. The third kappa shape index (κ3) is 2.47. The van der Waals surface area contributed by atoms with Crippen molar-refractivity contribution in [2.75, 3.05) is 4.90 Å². The van der Waals surface area contributed by atoms with E-state index in [9.17, 15) is 14.0 Å². The second-order valence-electron chi connectivity index (χ2n) is 4.62. The van der Waals surface area contributed by atoms with E-state index in [2.05, 4.69) is 15.9 Å². The molecule has 1 aliphatic rings. The molecule has 0 spiro atoms. The number of Topliss-reactive ketones (excluding diaryl/α,β-unsaturated/α-hetero) is 1. The van der Waals surface area contributed by atoms with Crippen molar-refractivity contribution in [3.8, 4) is 0 Å². The first-order valence-electron chi connectivity index (χ1n) is 6.07. The summed E-state index contributed by atoms with van der Waals surface area (Å²) in [6.45, 7) is -0.00167. The van der Waals surface area contributed by atoms with Crippen molar-refractivity contribution in [1.29, 1.82) is 0 Å². The molecule has 0 fully saturated rings. The van der Waals surface area contributed by atoms with Gasteiger partial charge in [0.2, 0.25) is 0 Å². The van der Waals surface area contributed by atoms with Crippen molar-refractivity contribution in [2.45, 2.75) is 6.54 Å². The Bertz CT molecular complexity index is 778. The number of ketones is 1. The van der Waals surface area contributed by atoms with Gasteiger partial charge in [-0.25, -0.2) is 4.39 Å². The molecule has 3 rings (SSSR count). The molecule has 6 heteroatoms. The molecule has 0 N–H and O–H groups in total. The predicted molar refractivity (Wildman–Crippen MR) is 81.1 cm³/mol. The van der Waals surface area contributed by atoms with Crippen LogP contribution in [0.3, 0.4) is 0 Å². The first-order chi connectivity index (χ1) is 9.97. The Balaban J connectivity index is 2.00. The molecule has 2 aromatic carbocycles. The highest BCUT2D eigenvalue weighted by Crippen LogP contribution is 2.32. The number of benzene rings is 2. The highest BCUT2D eigenvalue weighted by Gasteiger charge is 2.36. The standard InChI is InChI=1S/C15H8BrClFNO2/c16-9-2-1-8(12(18)5-9)7-19-13-4-3-10(17)6-11(13)14(20)15(19)21/h1-6H,7H2. The van der Waals surface area contributed by atoms with Gasteiger partial charge in [-0.1, -0.05) is 33.6 Å².